The molecule has 0 aliphatic carbocycles. The summed E-state index contributed by atoms with van der Waals surface area (Å²) in [6.45, 7) is 5.64. The van der Waals surface area contributed by atoms with E-state index in [1.807, 2.05) is 43.0 Å². The van der Waals surface area contributed by atoms with E-state index in [-0.39, 0.29) is 6.42 Å². The van der Waals surface area contributed by atoms with Crippen molar-refractivity contribution in [1.29, 1.82) is 0 Å². The fourth-order valence-corrected chi connectivity index (χ4v) is 2.01. The molecule has 0 saturated heterocycles. The predicted octanol–water partition coefficient (Wildman–Crippen LogP) is 2.34. The molecular formula is C15H19N3O3. The van der Waals surface area contributed by atoms with Gasteiger partial charge in [0.1, 0.15) is 0 Å². The Balaban J connectivity index is 2.03. The maximum Gasteiger partial charge on any atom is 0.304 e. The SMILES string of the molecule is CCN(CCC(=O)O)Cc1nnc(-c2cccc(C)c2)o1. The van der Waals surface area contributed by atoms with E-state index in [2.05, 4.69) is 10.2 Å². The third-order valence-electron chi connectivity index (χ3n) is 3.18. The lowest BCUT2D eigenvalue weighted by Gasteiger charge is -2.16. The van der Waals surface area contributed by atoms with E-state index in [9.17, 15) is 4.79 Å². The Kier molecular flexibility index (Phi) is 5.05. The normalized spacial score (nSPS) is 11.0. The van der Waals surface area contributed by atoms with Crippen LogP contribution in [0.15, 0.2) is 28.7 Å². The molecule has 0 unspecified atom stereocenters. The van der Waals surface area contributed by atoms with Gasteiger partial charge in [-0.25, -0.2) is 0 Å². The quantitative estimate of drug-likeness (QED) is 0.842. The minimum Gasteiger partial charge on any atom is -0.481 e. The van der Waals surface area contributed by atoms with Crippen LogP contribution in [-0.2, 0) is 11.3 Å². The van der Waals surface area contributed by atoms with Gasteiger partial charge in [-0.1, -0.05) is 24.6 Å². The Morgan fingerprint density at radius 3 is 2.86 bits per heavy atom. The summed E-state index contributed by atoms with van der Waals surface area (Å²) in [5, 5.41) is 16.8. The van der Waals surface area contributed by atoms with Crippen molar-refractivity contribution in [1.82, 2.24) is 15.1 Å². The van der Waals surface area contributed by atoms with E-state index in [0.717, 1.165) is 17.7 Å². The van der Waals surface area contributed by atoms with Gasteiger partial charge in [-0.2, -0.15) is 0 Å². The summed E-state index contributed by atoms with van der Waals surface area (Å²) in [6.07, 6.45) is 0.104. The van der Waals surface area contributed by atoms with Crippen molar-refractivity contribution >= 4 is 5.97 Å². The lowest BCUT2D eigenvalue weighted by atomic mass is 10.1. The van der Waals surface area contributed by atoms with E-state index in [1.54, 1.807) is 0 Å². The van der Waals surface area contributed by atoms with Crippen molar-refractivity contribution in [2.24, 2.45) is 0 Å². The predicted molar refractivity (Wildman–Crippen MR) is 77.7 cm³/mol. The Morgan fingerprint density at radius 2 is 2.19 bits per heavy atom. The molecule has 0 bridgehead atoms. The van der Waals surface area contributed by atoms with Crippen LogP contribution >= 0.6 is 0 Å². The maximum absolute atomic E-state index is 10.6. The van der Waals surface area contributed by atoms with Gasteiger partial charge in [0.15, 0.2) is 0 Å². The highest BCUT2D eigenvalue weighted by atomic mass is 16.4. The summed E-state index contributed by atoms with van der Waals surface area (Å²) in [5.41, 5.74) is 2.02. The van der Waals surface area contributed by atoms with E-state index < -0.39 is 5.97 Å². The van der Waals surface area contributed by atoms with Crippen molar-refractivity contribution in [3.8, 4) is 11.5 Å². The van der Waals surface area contributed by atoms with Crippen molar-refractivity contribution in [2.75, 3.05) is 13.1 Å². The minimum atomic E-state index is -0.806. The van der Waals surface area contributed by atoms with E-state index in [4.69, 9.17) is 9.52 Å². The fourth-order valence-electron chi connectivity index (χ4n) is 2.01. The average molecular weight is 289 g/mol. The molecule has 21 heavy (non-hydrogen) atoms. The Labute approximate surface area is 123 Å². The molecule has 6 heteroatoms. The smallest absolute Gasteiger partial charge is 0.304 e. The van der Waals surface area contributed by atoms with Crippen LogP contribution in [-0.4, -0.2) is 39.3 Å². The van der Waals surface area contributed by atoms with Crippen LogP contribution in [0.5, 0.6) is 0 Å². The van der Waals surface area contributed by atoms with Gasteiger partial charge in [0.2, 0.25) is 11.8 Å². The minimum absolute atomic E-state index is 0.104. The summed E-state index contributed by atoms with van der Waals surface area (Å²) >= 11 is 0. The van der Waals surface area contributed by atoms with Crippen molar-refractivity contribution in [3.05, 3.63) is 35.7 Å². The van der Waals surface area contributed by atoms with E-state index in [0.29, 0.717) is 24.9 Å². The molecule has 2 rings (SSSR count). The number of rotatable bonds is 7. The number of carbonyl (C=O) groups is 1. The van der Waals surface area contributed by atoms with Crippen LogP contribution in [0, 0.1) is 6.92 Å². The first-order valence-corrected chi connectivity index (χ1v) is 6.92. The van der Waals surface area contributed by atoms with E-state index >= 15 is 0 Å². The molecule has 0 fully saturated rings. The lowest BCUT2D eigenvalue weighted by Crippen LogP contribution is -2.25. The number of nitrogens with zero attached hydrogens (tertiary/aromatic N) is 3. The zero-order chi connectivity index (χ0) is 15.2. The molecule has 1 aromatic heterocycles. The Hall–Kier alpha value is -2.21. The second kappa shape index (κ2) is 6.99. The first-order valence-electron chi connectivity index (χ1n) is 6.92. The van der Waals surface area contributed by atoms with Crippen molar-refractivity contribution in [3.63, 3.8) is 0 Å². The molecule has 0 aliphatic rings. The Bertz CT molecular complexity index is 610. The number of hydrogen-bond donors (Lipinski definition) is 1. The van der Waals surface area contributed by atoms with Crippen LogP contribution in [0.25, 0.3) is 11.5 Å². The largest absolute Gasteiger partial charge is 0.481 e. The third-order valence-corrected chi connectivity index (χ3v) is 3.18. The van der Waals surface area contributed by atoms with Gasteiger partial charge in [0, 0.05) is 12.1 Å². The van der Waals surface area contributed by atoms with Gasteiger partial charge in [-0.15, -0.1) is 10.2 Å². The van der Waals surface area contributed by atoms with Crippen molar-refractivity contribution < 1.29 is 14.3 Å². The monoisotopic (exact) mass is 289 g/mol. The fraction of sp³-hybridized carbons (Fsp3) is 0.400. The topological polar surface area (TPSA) is 79.5 Å². The molecule has 0 atom stereocenters. The molecule has 1 heterocycles. The second-order valence-electron chi connectivity index (χ2n) is 4.88. The summed E-state index contributed by atoms with van der Waals surface area (Å²) < 4.78 is 5.65. The second-order valence-corrected chi connectivity index (χ2v) is 4.88. The van der Waals surface area contributed by atoms with Gasteiger partial charge >= 0.3 is 5.97 Å². The van der Waals surface area contributed by atoms with E-state index in [1.165, 1.54) is 0 Å². The molecular weight excluding hydrogens is 270 g/mol. The molecule has 0 aliphatic heterocycles. The highest BCUT2D eigenvalue weighted by Crippen LogP contribution is 2.19. The molecule has 112 valence electrons. The number of carboxylic acid groups (broad SMARTS) is 1. The molecule has 0 amide bonds. The number of aromatic nitrogens is 2. The summed E-state index contributed by atoms with van der Waals surface area (Å²) in [7, 11) is 0. The number of hydrogen-bond acceptors (Lipinski definition) is 5. The highest BCUT2D eigenvalue weighted by molar-refractivity contribution is 5.66. The first kappa shape index (κ1) is 15.2. The average Bonchev–Trinajstić information content (AvgIpc) is 2.92. The highest BCUT2D eigenvalue weighted by Gasteiger charge is 2.13. The van der Waals surface area contributed by atoms with Crippen LogP contribution in [0.1, 0.15) is 24.8 Å². The van der Waals surface area contributed by atoms with Crippen LogP contribution in [0.2, 0.25) is 0 Å². The summed E-state index contributed by atoms with van der Waals surface area (Å²) in [4.78, 5) is 12.6. The van der Waals surface area contributed by atoms with Gasteiger partial charge in [-0.05, 0) is 25.6 Å². The zero-order valence-electron chi connectivity index (χ0n) is 12.2. The summed E-state index contributed by atoms with van der Waals surface area (Å²) in [6, 6.07) is 7.86. The number of aliphatic carboxylic acids is 1. The maximum atomic E-state index is 10.6. The Morgan fingerprint density at radius 1 is 1.38 bits per heavy atom. The molecule has 0 radical (unpaired) electrons. The molecule has 6 nitrogen and oxygen atoms in total. The summed E-state index contributed by atoms with van der Waals surface area (Å²) in [5.74, 6) is 0.182. The standard InChI is InChI=1S/C15H19N3O3/c1-3-18(8-7-14(19)20)10-13-16-17-15(21-13)12-6-4-5-11(2)9-12/h4-6,9H,3,7-8,10H2,1-2H3,(H,19,20). The molecule has 1 aromatic carbocycles. The van der Waals surface area contributed by atoms with Crippen LogP contribution in [0.3, 0.4) is 0 Å². The van der Waals surface area contributed by atoms with Gasteiger partial charge in [-0.3, -0.25) is 9.69 Å². The van der Waals surface area contributed by atoms with Crippen molar-refractivity contribution in [2.45, 2.75) is 26.8 Å². The number of carboxylic acids is 1. The van der Waals surface area contributed by atoms with Crippen LogP contribution in [0.4, 0.5) is 0 Å². The number of benzene rings is 1. The molecule has 0 spiro atoms. The van der Waals surface area contributed by atoms with Gasteiger partial charge < -0.3 is 9.52 Å². The van der Waals surface area contributed by atoms with Gasteiger partial charge in [0.05, 0.1) is 13.0 Å². The number of aryl methyl sites for hydroxylation is 1. The third kappa shape index (κ3) is 4.39. The van der Waals surface area contributed by atoms with Crippen LogP contribution < -0.4 is 0 Å². The molecule has 2 aromatic rings. The zero-order valence-corrected chi connectivity index (χ0v) is 12.2. The van der Waals surface area contributed by atoms with Gasteiger partial charge in [0.25, 0.3) is 0 Å². The lowest BCUT2D eigenvalue weighted by molar-refractivity contribution is -0.137. The molecule has 0 saturated carbocycles. The first-order chi connectivity index (χ1) is 10.1. The molecule has 1 N–H and O–H groups in total.